The van der Waals surface area contributed by atoms with E-state index in [0.29, 0.717) is 17.7 Å². The van der Waals surface area contributed by atoms with E-state index in [0.717, 1.165) is 15.4 Å². The fourth-order valence-electron chi connectivity index (χ4n) is 2.67. The maximum Gasteiger partial charge on any atom is 0.306 e. The van der Waals surface area contributed by atoms with Crippen LogP contribution in [0.4, 0.5) is 5.69 Å². The summed E-state index contributed by atoms with van der Waals surface area (Å²) in [5.41, 5.74) is 2.18. The predicted molar refractivity (Wildman–Crippen MR) is 116 cm³/mol. The Kier molecular flexibility index (Phi) is 7.64. The average Bonchev–Trinajstić information content (AvgIpc) is 2.78. The topological polar surface area (TPSA) is 79.2 Å². The molecule has 0 radical (unpaired) electrons. The van der Waals surface area contributed by atoms with Crippen LogP contribution in [0.25, 0.3) is 0 Å². The lowest BCUT2D eigenvalue weighted by molar-refractivity contribution is -0.147. The van der Waals surface area contributed by atoms with Crippen molar-refractivity contribution in [3.8, 4) is 6.07 Å². The minimum atomic E-state index is -0.443. The van der Waals surface area contributed by atoms with Crippen molar-refractivity contribution in [3.63, 3.8) is 0 Å². The van der Waals surface area contributed by atoms with E-state index in [1.165, 1.54) is 0 Å². The lowest BCUT2D eigenvalue weighted by Gasteiger charge is -2.11. The Morgan fingerprint density at radius 2 is 1.63 bits per heavy atom. The third-order valence-electron chi connectivity index (χ3n) is 4.20. The van der Waals surface area contributed by atoms with E-state index in [-0.39, 0.29) is 18.9 Å². The van der Waals surface area contributed by atoms with Gasteiger partial charge in [-0.3, -0.25) is 9.59 Å². The van der Waals surface area contributed by atoms with E-state index in [2.05, 4.69) is 11.4 Å². The fraction of sp³-hybridized carbons (Fsp3) is 0.125. The van der Waals surface area contributed by atoms with Crippen LogP contribution < -0.4 is 5.32 Å². The predicted octanol–water partition coefficient (Wildman–Crippen LogP) is 4.82. The summed E-state index contributed by atoms with van der Waals surface area (Å²) in [5, 5.41) is 11.6. The largest absolute Gasteiger partial charge is 0.456 e. The van der Waals surface area contributed by atoms with Crippen molar-refractivity contribution in [2.45, 2.75) is 22.6 Å². The molecule has 3 aromatic rings. The number of nitriles is 1. The number of carbonyl (C=O) groups excluding carboxylic acids is 2. The second kappa shape index (κ2) is 10.8. The highest BCUT2D eigenvalue weighted by molar-refractivity contribution is 7.99. The second-order valence-corrected chi connectivity index (χ2v) is 7.54. The fourth-order valence-corrected chi connectivity index (χ4v) is 3.59. The van der Waals surface area contributed by atoms with Gasteiger partial charge in [-0.05, 0) is 48.4 Å². The molecular formula is C24H20N2O3S. The zero-order chi connectivity index (χ0) is 21.2. The molecule has 150 valence electrons. The van der Waals surface area contributed by atoms with Gasteiger partial charge in [0.25, 0.3) is 5.91 Å². The molecule has 30 heavy (non-hydrogen) atoms. The quantitative estimate of drug-likeness (QED) is 0.533. The zero-order valence-corrected chi connectivity index (χ0v) is 17.0. The number of para-hydroxylation sites is 1. The molecule has 1 N–H and O–H groups in total. The second-order valence-electron chi connectivity index (χ2n) is 6.43. The Balaban J connectivity index is 1.47. The minimum absolute atomic E-state index is 0.166. The van der Waals surface area contributed by atoms with Gasteiger partial charge in [0, 0.05) is 16.2 Å². The van der Waals surface area contributed by atoms with E-state index in [1.807, 2.05) is 54.6 Å². The van der Waals surface area contributed by atoms with Gasteiger partial charge in [-0.2, -0.15) is 5.26 Å². The number of amides is 1. The molecule has 0 heterocycles. The highest BCUT2D eigenvalue weighted by atomic mass is 32.2. The minimum Gasteiger partial charge on any atom is -0.456 e. The summed E-state index contributed by atoms with van der Waals surface area (Å²) < 4.78 is 5.09. The molecule has 0 saturated carbocycles. The van der Waals surface area contributed by atoms with Crippen LogP contribution in [0.1, 0.15) is 17.5 Å². The van der Waals surface area contributed by atoms with Gasteiger partial charge in [0.1, 0.15) is 0 Å². The molecule has 0 aliphatic carbocycles. The van der Waals surface area contributed by atoms with Crippen molar-refractivity contribution in [3.05, 3.63) is 90.0 Å². The summed E-state index contributed by atoms with van der Waals surface area (Å²) in [5.74, 6) is -0.829. The number of benzene rings is 3. The number of carbonyl (C=O) groups is 2. The van der Waals surface area contributed by atoms with Crippen molar-refractivity contribution in [1.82, 2.24) is 0 Å². The Morgan fingerprint density at radius 3 is 2.37 bits per heavy atom. The van der Waals surface area contributed by atoms with Gasteiger partial charge in [-0.15, -0.1) is 0 Å². The van der Waals surface area contributed by atoms with Crippen LogP contribution in [0, 0.1) is 11.3 Å². The number of nitrogens with one attached hydrogen (secondary N) is 1. The monoisotopic (exact) mass is 416 g/mol. The molecule has 0 atom stereocenters. The summed E-state index contributed by atoms with van der Waals surface area (Å²) in [6.07, 6.45) is 0.655. The van der Waals surface area contributed by atoms with Crippen molar-refractivity contribution in [1.29, 1.82) is 5.26 Å². The molecule has 5 nitrogen and oxygen atoms in total. The van der Waals surface area contributed by atoms with Crippen LogP contribution in [0.15, 0.2) is 88.7 Å². The number of ether oxygens (including phenoxy) is 1. The van der Waals surface area contributed by atoms with Crippen LogP contribution in [0.3, 0.4) is 0 Å². The van der Waals surface area contributed by atoms with Gasteiger partial charge in [0.2, 0.25) is 0 Å². The molecule has 0 aliphatic rings. The first kappa shape index (κ1) is 21.2. The average molecular weight is 417 g/mol. The van der Waals surface area contributed by atoms with Crippen LogP contribution >= 0.6 is 11.8 Å². The van der Waals surface area contributed by atoms with Gasteiger partial charge in [-0.25, -0.2) is 0 Å². The zero-order valence-electron chi connectivity index (χ0n) is 16.2. The lowest BCUT2D eigenvalue weighted by atomic mass is 10.1. The first-order chi connectivity index (χ1) is 14.6. The van der Waals surface area contributed by atoms with Crippen LogP contribution in [-0.4, -0.2) is 18.5 Å². The number of aryl methyl sites for hydroxylation is 1. The summed E-state index contributed by atoms with van der Waals surface area (Å²) in [6.45, 7) is -0.337. The molecule has 0 bridgehead atoms. The third kappa shape index (κ3) is 6.50. The number of esters is 1. The van der Waals surface area contributed by atoms with E-state index in [4.69, 9.17) is 10.00 Å². The van der Waals surface area contributed by atoms with Crippen molar-refractivity contribution < 1.29 is 14.3 Å². The van der Waals surface area contributed by atoms with Gasteiger partial charge < -0.3 is 10.1 Å². The molecule has 0 aliphatic heterocycles. The number of hydrogen-bond acceptors (Lipinski definition) is 5. The maximum atomic E-state index is 12.2. The van der Waals surface area contributed by atoms with Gasteiger partial charge in [0.05, 0.1) is 17.3 Å². The molecular weight excluding hydrogens is 396 g/mol. The molecule has 0 saturated heterocycles. The van der Waals surface area contributed by atoms with Crippen LogP contribution in [-0.2, 0) is 20.7 Å². The lowest BCUT2D eigenvalue weighted by Crippen LogP contribution is -2.21. The van der Waals surface area contributed by atoms with Gasteiger partial charge in [-0.1, -0.05) is 54.2 Å². The smallest absolute Gasteiger partial charge is 0.306 e. The van der Waals surface area contributed by atoms with Crippen LogP contribution in [0.5, 0.6) is 0 Å². The Morgan fingerprint density at radius 1 is 0.933 bits per heavy atom. The molecule has 0 aromatic heterocycles. The summed E-state index contributed by atoms with van der Waals surface area (Å²) >= 11 is 1.55. The number of anilines is 1. The molecule has 6 heteroatoms. The molecule has 1 amide bonds. The van der Waals surface area contributed by atoms with E-state index in [9.17, 15) is 9.59 Å². The normalized spacial score (nSPS) is 10.1. The first-order valence-electron chi connectivity index (χ1n) is 9.40. The summed E-state index contributed by atoms with van der Waals surface area (Å²) in [7, 11) is 0. The molecule has 0 fully saturated rings. The first-order valence-corrected chi connectivity index (χ1v) is 10.2. The van der Waals surface area contributed by atoms with Crippen molar-refractivity contribution in [2.24, 2.45) is 0 Å². The van der Waals surface area contributed by atoms with E-state index < -0.39 is 5.97 Å². The Hall–Kier alpha value is -3.56. The van der Waals surface area contributed by atoms with Gasteiger partial charge >= 0.3 is 5.97 Å². The standard InChI is InChI=1S/C24H20N2O3S/c25-16-19-12-10-18(11-13-19)14-15-24(28)29-17-23(27)26-21-8-4-5-9-22(21)30-20-6-2-1-3-7-20/h1-13H,14-15,17H2,(H,26,27). The molecule has 3 aromatic carbocycles. The third-order valence-corrected chi connectivity index (χ3v) is 5.28. The highest BCUT2D eigenvalue weighted by Crippen LogP contribution is 2.33. The van der Waals surface area contributed by atoms with E-state index >= 15 is 0 Å². The Labute approximate surface area is 179 Å². The Bertz CT molecular complexity index is 1040. The van der Waals surface area contributed by atoms with Crippen LogP contribution in [0.2, 0.25) is 0 Å². The summed E-state index contributed by atoms with van der Waals surface area (Å²) in [4.78, 5) is 26.2. The molecule has 0 spiro atoms. The SMILES string of the molecule is N#Cc1ccc(CCC(=O)OCC(=O)Nc2ccccc2Sc2ccccc2)cc1. The number of hydrogen-bond donors (Lipinski definition) is 1. The maximum absolute atomic E-state index is 12.2. The molecule has 3 rings (SSSR count). The van der Waals surface area contributed by atoms with E-state index in [1.54, 1.807) is 36.0 Å². The van der Waals surface area contributed by atoms with Crippen molar-refractivity contribution in [2.75, 3.05) is 11.9 Å². The van der Waals surface area contributed by atoms with Gasteiger partial charge in [0.15, 0.2) is 6.61 Å². The highest BCUT2D eigenvalue weighted by Gasteiger charge is 2.11. The molecule has 0 unspecified atom stereocenters. The number of nitrogens with zero attached hydrogens (tertiary/aromatic N) is 1. The number of rotatable bonds is 8. The summed E-state index contributed by atoms with van der Waals surface area (Å²) in [6, 6.07) is 26.4. The van der Waals surface area contributed by atoms with Crippen molar-refractivity contribution >= 4 is 29.3 Å².